The molecule has 6 heterocycles. The predicted molar refractivity (Wildman–Crippen MR) is 212 cm³/mol. The molecule has 8 rings (SSSR count). The highest BCUT2D eigenvalue weighted by molar-refractivity contribution is 7.14. The molecule has 286 valence electrons. The average Bonchev–Trinajstić information content (AvgIpc) is 3.95. The minimum atomic E-state index is -1.14. The number of hydrogen-bond acceptors (Lipinski definition) is 11. The minimum Gasteiger partial charge on any atom is -0.478 e. The Bertz CT molecular complexity index is 2430. The average molecular weight is 826 g/mol. The maximum absolute atomic E-state index is 12.4. The molecular formula is C36H34Cl2N8O7S2. The van der Waals surface area contributed by atoms with Crippen LogP contribution in [-0.4, -0.2) is 71.5 Å². The number of rotatable bonds is 4. The van der Waals surface area contributed by atoms with Gasteiger partial charge in [-0.2, -0.15) is 0 Å². The van der Waals surface area contributed by atoms with Crippen molar-refractivity contribution in [3.8, 4) is 0 Å². The van der Waals surface area contributed by atoms with Gasteiger partial charge in [-0.3, -0.25) is 29.3 Å². The van der Waals surface area contributed by atoms with Crippen LogP contribution in [0, 0.1) is 0 Å². The third-order valence-corrected chi connectivity index (χ3v) is 10.1. The van der Waals surface area contributed by atoms with Gasteiger partial charge in [0.2, 0.25) is 0 Å². The molecule has 4 aromatic heterocycles. The van der Waals surface area contributed by atoms with Crippen LogP contribution in [0.1, 0.15) is 69.4 Å². The highest BCUT2D eigenvalue weighted by Crippen LogP contribution is 2.32. The van der Waals surface area contributed by atoms with Crippen LogP contribution in [0.3, 0.4) is 0 Å². The largest absolute Gasteiger partial charge is 0.478 e. The number of fused-ring (bicyclic) bond motifs is 6. The van der Waals surface area contributed by atoms with Crippen molar-refractivity contribution in [2.45, 2.75) is 38.8 Å². The van der Waals surface area contributed by atoms with Crippen LogP contribution in [0.2, 0.25) is 0 Å². The molecule has 2 aliphatic rings. The number of benzene rings is 2. The molecule has 15 nitrogen and oxygen atoms in total. The molecule has 0 saturated heterocycles. The standard InChI is InChI=1S/C17H16N4O2S.C14H14N2O3.C3H4N2S.C2Cl2O2/c1-17(2)9-19-15(23)13-7-10-3-4-11(8-12(10)21(13)17)14(22)20-16-18-5-6-24-16;1-14(2)7-15-12(17)11-5-8-3-4-9(13(18)19)6-10(8)16(11)14;4-3-5-1-2-6-3;3-1(5)2(4)6/h3-8H,9H2,1-2H3,(H,19,23)(H,18,20,22);3-6H,7H2,1-2H3,(H,15,17)(H,18,19);1-2H,(H2,4,5);. The molecule has 6 aromatic rings. The van der Waals surface area contributed by atoms with Gasteiger partial charge in [-0.15, -0.1) is 22.7 Å². The fourth-order valence-electron chi connectivity index (χ4n) is 5.94. The number of nitrogens with one attached hydrogen (secondary N) is 3. The zero-order valence-electron chi connectivity index (χ0n) is 29.7. The van der Waals surface area contributed by atoms with Crippen LogP contribution in [0.15, 0.2) is 71.7 Å². The molecular weight excluding hydrogens is 791 g/mol. The lowest BCUT2D eigenvalue weighted by Gasteiger charge is -2.34. The number of thiazole rings is 2. The van der Waals surface area contributed by atoms with Gasteiger partial charge in [0, 0.05) is 58.1 Å². The van der Waals surface area contributed by atoms with Gasteiger partial charge in [-0.1, -0.05) is 12.1 Å². The Kier molecular flexibility index (Phi) is 12.1. The summed E-state index contributed by atoms with van der Waals surface area (Å²) >= 11 is 11.8. The van der Waals surface area contributed by atoms with E-state index in [-0.39, 0.29) is 34.4 Å². The van der Waals surface area contributed by atoms with E-state index in [2.05, 4.69) is 63.0 Å². The van der Waals surface area contributed by atoms with Crippen molar-refractivity contribution in [1.29, 1.82) is 0 Å². The van der Waals surface area contributed by atoms with E-state index >= 15 is 0 Å². The van der Waals surface area contributed by atoms with E-state index < -0.39 is 16.5 Å². The number of carbonyl (C=O) groups excluding carboxylic acids is 5. The highest BCUT2D eigenvalue weighted by atomic mass is 35.5. The van der Waals surface area contributed by atoms with E-state index in [1.54, 1.807) is 42.7 Å². The summed E-state index contributed by atoms with van der Waals surface area (Å²) in [6.45, 7) is 9.25. The topological polar surface area (TPSA) is 220 Å². The molecule has 0 radical (unpaired) electrons. The lowest BCUT2D eigenvalue weighted by molar-refractivity contribution is -0.127. The number of aromatic carboxylic acids is 1. The number of aromatic nitrogens is 4. The number of carboxylic acid groups (broad SMARTS) is 1. The number of nitrogen functional groups attached to an aromatic ring is 1. The molecule has 19 heteroatoms. The molecule has 0 aliphatic carbocycles. The first kappa shape index (κ1) is 40.6. The van der Waals surface area contributed by atoms with E-state index in [1.165, 1.54) is 22.7 Å². The Balaban J connectivity index is 0.000000165. The van der Waals surface area contributed by atoms with Crippen molar-refractivity contribution in [1.82, 2.24) is 29.7 Å². The van der Waals surface area contributed by atoms with Crippen molar-refractivity contribution < 1.29 is 33.9 Å². The van der Waals surface area contributed by atoms with Crippen LogP contribution in [0.4, 0.5) is 10.3 Å². The van der Waals surface area contributed by atoms with Crippen molar-refractivity contribution in [2.24, 2.45) is 0 Å². The summed E-state index contributed by atoms with van der Waals surface area (Å²) in [5.74, 6) is -1.37. The summed E-state index contributed by atoms with van der Waals surface area (Å²) in [5, 5.41) is 22.0. The summed E-state index contributed by atoms with van der Waals surface area (Å²) < 4.78 is 3.94. The molecule has 2 aliphatic heterocycles. The lowest BCUT2D eigenvalue weighted by Crippen LogP contribution is -2.47. The first-order valence-corrected chi connectivity index (χ1v) is 18.8. The zero-order chi connectivity index (χ0) is 40.2. The third kappa shape index (κ3) is 9.20. The second-order valence-electron chi connectivity index (χ2n) is 13.3. The third-order valence-electron chi connectivity index (χ3n) is 8.42. The van der Waals surface area contributed by atoms with Gasteiger partial charge in [0.25, 0.3) is 17.7 Å². The molecule has 2 aromatic carbocycles. The van der Waals surface area contributed by atoms with Gasteiger partial charge >= 0.3 is 16.5 Å². The molecule has 0 fully saturated rings. The molecule has 0 saturated carbocycles. The van der Waals surface area contributed by atoms with Crippen molar-refractivity contribution >= 4 is 112 Å². The van der Waals surface area contributed by atoms with E-state index in [1.807, 2.05) is 51.9 Å². The number of carbonyl (C=O) groups is 6. The number of halogens is 2. The molecule has 6 N–H and O–H groups in total. The first-order valence-electron chi connectivity index (χ1n) is 16.3. The Hall–Kier alpha value is -5.62. The number of anilines is 2. The second kappa shape index (κ2) is 16.4. The number of nitrogens with zero attached hydrogens (tertiary/aromatic N) is 4. The van der Waals surface area contributed by atoms with E-state index in [9.17, 15) is 28.8 Å². The van der Waals surface area contributed by atoms with E-state index in [0.29, 0.717) is 40.3 Å². The monoisotopic (exact) mass is 824 g/mol. The minimum absolute atomic E-state index is 0.0840. The van der Waals surface area contributed by atoms with Crippen LogP contribution >= 0.6 is 45.9 Å². The van der Waals surface area contributed by atoms with Crippen LogP contribution in [0.5, 0.6) is 0 Å². The van der Waals surface area contributed by atoms with Crippen LogP contribution in [0.25, 0.3) is 21.8 Å². The maximum atomic E-state index is 12.4. The highest BCUT2D eigenvalue weighted by Gasteiger charge is 2.34. The summed E-state index contributed by atoms with van der Waals surface area (Å²) in [6, 6.07) is 14.1. The molecule has 55 heavy (non-hydrogen) atoms. The molecule has 0 spiro atoms. The second-order valence-corrected chi connectivity index (χ2v) is 15.8. The van der Waals surface area contributed by atoms with Crippen molar-refractivity contribution in [3.05, 3.63) is 94.2 Å². The number of amides is 3. The van der Waals surface area contributed by atoms with Crippen LogP contribution < -0.4 is 21.7 Å². The van der Waals surface area contributed by atoms with Crippen molar-refractivity contribution in [3.63, 3.8) is 0 Å². The molecule has 0 bridgehead atoms. The van der Waals surface area contributed by atoms with E-state index in [4.69, 9.17) is 10.8 Å². The Labute approximate surface area is 331 Å². The summed E-state index contributed by atoms with van der Waals surface area (Å²) in [7, 11) is 0. The van der Waals surface area contributed by atoms with Gasteiger partial charge < -0.3 is 30.6 Å². The first-order chi connectivity index (χ1) is 25.9. The summed E-state index contributed by atoms with van der Waals surface area (Å²) in [5.41, 5.74) is 8.30. The van der Waals surface area contributed by atoms with Crippen LogP contribution in [-0.2, 0) is 20.7 Å². The number of nitrogens with two attached hydrogens (primary N) is 1. The Morgan fingerprint density at radius 3 is 1.64 bits per heavy atom. The smallest absolute Gasteiger partial charge is 0.335 e. The normalized spacial score (nSPS) is 14.6. The van der Waals surface area contributed by atoms with Gasteiger partial charge in [0.15, 0.2) is 10.3 Å². The van der Waals surface area contributed by atoms with Crippen molar-refractivity contribution in [2.75, 3.05) is 24.1 Å². The molecule has 3 amide bonds. The Morgan fingerprint density at radius 1 is 0.764 bits per heavy atom. The number of hydrogen-bond donors (Lipinski definition) is 5. The van der Waals surface area contributed by atoms with E-state index in [0.717, 1.165) is 21.8 Å². The SMILES string of the molecule is CC1(C)CNC(=O)c2cc3ccc(C(=O)Nc4nccs4)cc3n21.CC1(C)CNC(=O)c2cc3ccc(C(=O)O)cc3n21.Nc1nccs1.O=C(Cl)C(=O)Cl. The Morgan fingerprint density at radius 2 is 1.24 bits per heavy atom. The predicted octanol–water partition coefficient (Wildman–Crippen LogP) is 5.89. The fraction of sp³-hybridized carbons (Fsp3) is 0.222. The maximum Gasteiger partial charge on any atom is 0.335 e. The van der Waals surface area contributed by atoms with Gasteiger partial charge in [0.1, 0.15) is 11.4 Å². The summed E-state index contributed by atoms with van der Waals surface area (Å²) in [4.78, 5) is 74.2. The quantitative estimate of drug-likeness (QED) is 0.105. The lowest BCUT2D eigenvalue weighted by atomic mass is 10.0. The summed E-state index contributed by atoms with van der Waals surface area (Å²) in [6.07, 6.45) is 3.33. The zero-order valence-corrected chi connectivity index (χ0v) is 32.8. The van der Waals surface area contributed by atoms with Gasteiger partial charge in [-0.05, 0) is 87.3 Å². The number of carboxylic acids is 1. The van der Waals surface area contributed by atoms with Gasteiger partial charge in [-0.25, -0.2) is 14.8 Å². The fourth-order valence-corrected chi connectivity index (χ4v) is 6.84. The molecule has 0 unspecified atom stereocenters. The van der Waals surface area contributed by atoms with Gasteiger partial charge in [0.05, 0.1) is 22.2 Å². The molecule has 0 atom stereocenters.